The van der Waals surface area contributed by atoms with Crippen LogP contribution in [0.15, 0.2) is 18.2 Å². The molecule has 0 atom stereocenters. The topological polar surface area (TPSA) is 50.1 Å². The zero-order valence-corrected chi connectivity index (χ0v) is 10.0. The molecule has 0 bridgehead atoms. The quantitative estimate of drug-likeness (QED) is 0.829. The van der Waals surface area contributed by atoms with Crippen molar-refractivity contribution in [3.05, 3.63) is 29.3 Å². The van der Waals surface area contributed by atoms with Gasteiger partial charge >= 0.3 is 6.18 Å². The molecule has 0 spiro atoms. The van der Waals surface area contributed by atoms with E-state index in [4.69, 9.17) is 10.00 Å². The summed E-state index contributed by atoms with van der Waals surface area (Å²) in [7, 11) is 1.14. The first-order valence-electron chi connectivity index (χ1n) is 5.51. The number of halogens is 3. The van der Waals surface area contributed by atoms with Gasteiger partial charge in [-0.2, -0.15) is 18.4 Å². The van der Waals surface area contributed by atoms with Gasteiger partial charge in [-0.15, -0.1) is 0 Å². The predicted octanol–water partition coefficient (Wildman–Crippen LogP) is 2.84. The number of carbonyl (C=O) groups is 1. The van der Waals surface area contributed by atoms with E-state index >= 15 is 0 Å². The van der Waals surface area contributed by atoms with Gasteiger partial charge in [0, 0.05) is 12.8 Å². The second kappa shape index (κ2) is 4.26. The van der Waals surface area contributed by atoms with Crippen molar-refractivity contribution < 1.29 is 22.7 Å². The molecule has 0 aromatic heterocycles. The molecule has 1 fully saturated rings. The maximum absolute atomic E-state index is 12.7. The van der Waals surface area contributed by atoms with Crippen LogP contribution in [0.5, 0.6) is 5.75 Å². The first-order chi connectivity index (χ1) is 8.82. The number of nitrogens with zero attached hydrogens (tertiary/aromatic N) is 1. The Morgan fingerprint density at radius 2 is 2.00 bits per heavy atom. The Kier molecular flexibility index (Phi) is 3.01. The summed E-state index contributed by atoms with van der Waals surface area (Å²) < 4.78 is 42.8. The Morgan fingerprint density at radius 1 is 1.37 bits per heavy atom. The van der Waals surface area contributed by atoms with Gasteiger partial charge in [-0.3, -0.25) is 4.79 Å². The number of benzene rings is 1. The van der Waals surface area contributed by atoms with Crippen molar-refractivity contribution in [2.24, 2.45) is 0 Å². The van der Waals surface area contributed by atoms with Crippen LogP contribution in [-0.2, 0) is 16.4 Å². The number of hydrogen-bond acceptors (Lipinski definition) is 3. The van der Waals surface area contributed by atoms with Crippen LogP contribution in [-0.4, -0.2) is 12.9 Å². The van der Waals surface area contributed by atoms with Gasteiger partial charge < -0.3 is 4.74 Å². The van der Waals surface area contributed by atoms with Crippen LogP contribution in [0.25, 0.3) is 0 Å². The molecule has 1 saturated carbocycles. The van der Waals surface area contributed by atoms with Gasteiger partial charge in [0.25, 0.3) is 0 Å². The van der Waals surface area contributed by atoms with Gasteiger partial charge in [-0.25, -0.2) is 0 Å². The van der Waals surface area contributed by atoms with Crippen molar-refractivity contribution in [3.63, 3.8) is 0 Å². The highest BCUT2D eigenvalue weighted by Crippen LogP contribution is 2.44. The second-order valence-corrected chi connectivity index (χ2v) is 4.50. The van der Waals surface area contributed by atoms with Gasteiger partial charge in [-0.05, 0) is 17.7 Å². The zero-order chi connectivity index (χ0) is 14.3. The number of nitriles is 1. The van der Waals surface area contributed by atoms with Gasteiger partial charge in [0.1, 0.15) is 11.5 Å². The first kappa shape index (κ1) is 13.4. The SMILES string of the molecule is COc1cc(C2(C#N)CC(=O)C2)ccc1C(F)(F)F. The predicted molar refractivity (Wildman–Crippen MR) is 59.5 cm³/mol. The van der Waals surface area contributed by atoms with Crippen LogP contribution in [0.1, 0.15) is 24.0 Å². The number of carbonyl (C=O) groups excluding carboxylic acids is 1. The van der Waals surface area contributed by atoms with Crippen molar-refractivity contribution in [2.75, 3.05) is 7.11 Å². The van der Waals surface area contributed by atoms with E-state index in [-0.39, 0.29) is 24.4 Å². The highest BCUT2D eigenvalue weighted by atomic mass is 19.4. The third-order valence-corrected chi connectivity index (χ3v) is 3.27. The first-order valence-corrected chi connectivity index (χ1v) is 5.51. The average molecular weight is 269 g/mol. The third kappa shape index (κ3) is 2.16. The van der Waals surface area contributed by atoms with E-state index < -0.39 is 17.2 Å². The number of alkyl halides is 3. The van der Waals surface area contributed by atoms with Crippen molar-refractivity contribution in [1.29, 1.82) is 5.26 Å². The van der Waals surface area contributed by atoms with E-state index in [1.54, 1.807) is 0 Å². The fourth-order valence-electron chi connectivity index (χ4n) is 2.19. The van der Waals surface area contributed by atoms with Crippen LogP contribution in [0.4, 0.5) is 13.2 Å². The van der Waals surface area contributed by atoms with E-state index in [1.165, 1.54) is 12.1 Å². The van der Waals surface area contributed by atoms with Gasteiger partial charge in [-0.1, -0.05) is 6.07 Å². The highest BCUT2D eigenvalue weighted by molar-refractivity contribution is 5.90. The molecular weight excluding hydrogens is 259 g/mol. The zero-order valence-electron chi connectivity index (χ0n) is 10.0. The molecule has 0 heterocycles. The molecule has 0 saturated heterocycles. The van der Waals surface area contributed by atoms with Crippen molar-refractivity contribution in [2.45, 2.75) is 24.4 Å². The molecule has 1 aromatic carbocycles. The summed E-state index contributed by atoms with van der Waals surface area (Å²) in [6.45, 7) is 0. The normalized spacial score (nSPS) is 17.5. The molecule has 1 aromatic rings. The lowest BCUT2D eigenvalue weighted by atomic mass is 9.64. The minimum absolute atomic E-state index is 0.0397. The molecule has 0 amide bonds. The van der Waals surface area contributed by atoms with Crippen molar-refractivity contribution >= 4 is 5.78 Å². The van der Waals surface area contributed by atoms with Crippen molar-refractivity contribution in [1.82, 2.24) is 0 Å². The number of methoxy groups -OCH3 is 1. The minimum atomic E-state index is -4.51. The lowest BCUT2D eigenvalue weighted by Crippen LogP contribution is -2.40. The number of ketones is 1. The number of hydrogen-bond donors (Lipinski definition) is 0. The van der Waals surface area contributed by atoms with Crippen LogP contribution in [0, 0.1) is 11.3 Å². The van der Waals surface area contributed by atoms with Gasteiger partial charge in [0.05, 0.1) is 24.2 Å². The molecule has 1 aliphatic carbocycles. The minimum Gasteiger partial charge on any atom is -0.496 e. The standard InChI is InChI=1S/C13H10F3NO2/c1-19-11-4-8(2-3-10(11)13(14,15)16)12(7-17)5-9(18)6-12/h2-4H,5-6H2,1H3. The summed E-state index contributed by atoms with van der Waals surface area (Å²) in [6.07, 6.45) is -4.44. The lowest BCUT2D eigenvalue weighted by molar-refractivity contribution is -0.138. The van der Waals surface area contributed by atoms with E-state index in [2.05, 4.69) is 0 Å². The fraction of sp³-hybridized carbons (Fsp3) is 0.385. The molecule has 0 N–H and O–H groups in total. The van der Waals surface area contributed by atoms with Gasteiger partial charge in [0.2, 0.25) is 0 Å². The number of Topliss-reactive ketones (excluding diaryl/α,β-unsaturated/α-hetero) is 1. The molecule has 3 nitrogen and oxygen atoms in total. The Labute approximate surface area is 107 Å². The molecule has 6 heteroatoms. The molecule has 19 heavy (non-hydrogen) atoms. The number of rotatable bonds is 2. The van der Waals surface area contributed by atoms with Crippen LogP contribution >= 0.6 is 0 Å². The van der Waals surface area contributed by atoms with Crippen LogP contribution in [0.2, 0.25) is 0 Å². The molecule has 0 radical (unpaired) electrons. The summed E-state index contributed by atoms with van der Waals surface area (Å²) in [4.78, 5) is 11.1. The van der Waals surface area contributed by atoms with Crippen LogP contribution < -0.4 is 4.74 Å². The van der Waals surface area contributed by atoms with E-state index in [9.17, 15) is 18.0 Å². The smallest absolute Gasteiger partial charge is 0.419 e. The third-order valence-electron chi connectivity index (χ3n) is 3.27. The lowest BCUT2D eigenvalue weighted by Gasteiger charge is -2.34. The maximum atomic E-state index is 12.7. The summed E-state index contributed by atoms with van der Waals surface area (Å²) in [5, 5.41) is 9.14. The maximum Gasteiger partial charge on any atom is 0.419 e. The van der Waals surface area contributed by atoms with Crippen molar-refractivity contribution in [3.8, 4) is 11.8 Å². The Bertz CT molecular complexity index is 564. The Balaban J connectivity index is 2.46. The molecule has 1 aliphatic rings. The molecule has 2 rings (SSSR count). The molecular formula is C13H10F3NO2. The number of ether oxygens (including phenoxy) is 1. The van der Waals surface area contributed by atoms with E-state index in [0.29, 0.717) is 5.56 Å². The molecule has 100 valence electrons. The highest BCUT2D eigenvalue weighted by Gasteiger charge is 2.46. The van der Waals surface area contributed by atoms with Gasteiger partial charge in [0.15, 0.2) is 0 Å². The monoisotopic (exact) mass is 269 g/mol. The summed E-state index contributed by atoms with van der Waals surface area (Å²) in [5.41, 5.74) is -1.51. The summed E-state index contributed by atoms with van der Waals surface area (Å²) in [6, 6.07) is 5.33. The van der Waals surface area contributed by atoms with E-state index in [1.807, 2.05) is 6.07 Å². The molecule has 0 unspecified atom stereocenters. The Morgan fingerprint density at radius 3 is 2.42 bits per heavy atom. The second-order valence-electron chi connectivity index (χ2n) is 4.50. The van der Waals surface area contributed by atoms with E-state index in [0.717, 1.165) is 13.2 Å². The summed E-state index contributed by atoms with van der Waals surface area (Å²) in [5.74, 6) is -0.403. The van der Waals surface area contributed by atoms with Crippen LogP contribution in [0.3, 0.4) is 0 Å². The summed E-state index contributed by atoms with van der Waals surface area (Å²) >= 11 is 0. The fourth-order valence-corrected chi connectivity index (χ4v) is 2.19. The average Bonchev–Trinajstić information content (AvgIpc) is 2.32. The molecule has 0 aliphatic heterocycles. The largest absolute Gasteiger partial charge is 0.496 e. The Hall–Kier alpha value is -2.03.